The fraction of sp³-hybridized carbons (Fsp3) is 0.500. The van der Waals surface area contributed by atoms with Gasteiger partial charge in [-0.3, -0.25) is 9.69 Å². The molecule has 8 nitrogen and oxygen atoms in total. The Balaban J connectivity index is 1.60. The SMILES string of the molecule is C[C@@H](O)CNc1nccc(N(CC2CCNCC2)C(=O)c2ccc3c(c2)CCO3)n1. The number of rotatable bonds is 7. The van der Waals surface area contributed by atoms with Gasteiger partial charge in [0.05, 0.1) is 12.7 Å². The molecule has 0 spiro atoms. The lowest BCUT2D eigenvalue weighted by atomic mass is 9.97. The van der Waals surface area contributed by atoms with E-state index in [1.165, 1.54) is 0 Å². The molecule has 2 aliphatic rings. The molecule has 0 saturated carbocycles. The van der Waals surface area contributed by atoms with Crippen molar-refractivity contribution < 1.29 is 14.6 Å². The summed E-state index contributed by atoms with van der Waals surface area (Å²) < 4.78 is 5.58. The van der Waals surface area contributed by atoms with E-state index in [0.29, 0.717) is 42.9 Å². The molecule has 160 valence electrons. The van der Waals surface area contributed by atoms with Crippen LogP contribution in [-0.2, 0) is 6.42 Å². The molecule has 1 aromatic heterocycles. The zero-order valence-electron chi connectivity index (χ0n) is 17.3. The lowest BCUT2D eigenvalue weighted by Gasteiger charge is -2.30. The van der Waals surface area contributed by atoms with Crippen LogP contribution < -0.4 is 20.3 Å². The molecule has 3 heterocycles. The van der Waals surface area contributed by atoms with Crippen LogP contribution in [0.2, 0.25) is 0 Å². The maximum absolute atomic E-state index is 13.5. The standard InChI is InChI=1S/C22H29N5O3/c1-15(28)13-25-22-24-10-6-20(26-22)27(14-16-4-8-23-9-5-16)21(29)18-2-3-19-17(12-18)7-11-30-19/h2-3,6,10,12,15-16,23,28H,4-5,7-9,11,13-14H2,1H3,(H,24,25,26)/t15-/m1/s1. The molecule has 4 rings (SSSR count). The third-order valence-corrected chi connectivity index (χ3v) is 5.55. The van der Waals surface area contributed by atoms with Gasteiger partial charge in [-0.05, 0) is 68.6 Å². The molecule has 0 aliphatic carbocycles. The number of hydrogen-bond donors (Lipinski definition) is 3. The summed E-state index contributed by atoms with van der Waals surface area (Å²) in [6, 6.07) is 7.42. The smallest absolute Gasteiger partial charge is 0.259 e. The summed E-state index contributed by atoms with van der Waals surface area (Å²) >= 11 is 0. The van der Waals surface area contributed by atoms with Crippen LogP contribution in [0.4, 0.5) is 11.8 Å². The molecule has 0 radical (unpaired) electrons. The molecule has 0 unspecified atom stereocenters. The van der Waals surface area contributed by atoms with Gasteiger partial charge in [0.15, 0.2) is 0 Å². The molecule has 30 heavy (non-hydrogen) atoms. The molecule has 2 aliphatic heterocycles. The second-order valence-electron chi connectivity index (χ2n) is 8.00. The fourth-order valence-corrected chi connectivity index (χ4v) is 3.90. The van der Waals surface area contributed by atoms with Crippen LogP contribution in [0.15, 0.2) is 30.5 Å². The zero-order chi connectivity index (χ0) is 20.9. The number of anilines is 2. The normalized spacial score (nSPS) is 17.1. The van der Waals surface area contributed by atoms with Gasteiger partial charge < -0.3 is 20.5 Å². The van der Waals surface area contributed by atoms with Crippen LogP contribution in [-0.4, -0.2) is 59.9 Å². The Morgan fingerprint density at radius 3 is 3.00 bits per heavy atom. The number of ether oxygens (including phenoxy) is 1. The molecular weight excluding hydrogens is 382 g/mol. The van der Waals surface area contributed by atoms with Crippen molar-refractivity contribution in [2.75, 3.05) is 43.0 Å². The number of nitrogens with zero attached hydrogens (tertiary/aromatic N) is 3. The average molecular weight is 412 g/mol. The fourth-order valence-electron chi connectivity index (χ4n) is 3.90. The minimum Gasteiger partial charge on any atom is -0.493 e. The lowest BCUT2D eigenvalue weighted by molar-refractivity contribution is 0.0980. The Bertz CT molecular complexity index is 883. The highest BCUT2D eigenvalue weighted by Gasteiger charge is 2.26. The van der Waals surface area contributed by atoms with Gasteiger partial charge in [-0.1, -0.05) is 0 Å². The number of hydrogen-bond acceptors (Lipinski definition) is 7. The molecule has 1 atom stereocenters. The molecule has 2 aromatic rings. The Morgan fingerprint density at radius 2 is 2.20 bits per heavy atom. The second-order valence-corrected chi connectivity index (χ2v) is 8.00. The van der Waals surface area contributed by atoms with E-state index < -0.39 is 6.10 Å². The van der Waals surface area contributed by atoms with Gasteiger partial charge in [-0.2, -0.15) is 4.98 Å². The molecule has 1 aromatic carbocycles. The number of carbonyl (C=O) groups excluding carboxylic acids is 1. The monoisotopic (exact) mass is 411 g/mol. The van der Waals surface area contributed by atoms with E-state index in [1.807, 2.05) is 18.2 Å². The summed E-state index contributed by atoms with van der Waals surface area (Å²) in [5.74, 6) is 2.18. The Hall–Kier alpha value is -2.71. The first-order valence-electron chi connectivity index (χ1n) is 10.6. The lowest BCUT2D eigenvalue weighted by Crippen LogP contribution is -2.40. The maximum atomic E-state index is 13.5. The van der Waals surface area contributed by atoms with Gasteiger partial charge >= 0.3 is 0 Å². The number of piperidine rings is 1. The Labute approximate surface area is 176 Å². The first kappa shape index (κ1) is 20.6. The molecule has 1 fully saturated rings. The van der Waals surface area contributed by atoms with Gasteiger partial charge in [0.25, 0.3) is 5.91 Å². The molecule has 1 saturated heterocycles. The van der Waals surface area contributed by atoms with Crippen molar-refractivity contribution >= 4 is 17.7 Å². The number of aromatic nitrogens is 2. The quantitative estimate of drug-likeness (QED) is 0.639. The van der Waals surface area contributed by atoms with Crippen molar-refractivity contribution in [3.8, 4) is 5.75 Å². The molecule has 1 amide bonds. The van der Waals surface area contributed by atoms with E-state index in [1.54, 1.807) is 24.1 Å². The molecule has 8 heteroatoms. The summed E-state index contributed by atoms with van der Waals surface area (Å²) in [6.45, 7) is 5.25. The number of nitrogens with one attached hydrogen (secondary N) is 2. The summed E-state index contributed by atoms with van der Waals surface area (Å²) in [5, 5.41) is 15.9. The summed E-state index contributed by atoms with van der Waals surface area (Å²) in [4.78, 5) is 24.1. The second kappa shape index (κ2) is 9.40. The highest BCUT2D eigenvalue weighted by Crippen LogP contribution is 2.28. The number of benzene rings is 1. The molecule has 3 N–H and O–H groups in total. The summed E-state index contributed by atoms with van der Waals surface area (Å²) in [6.07, 6.45) is 4.01. The third-order valence-electron chi connectivity index (χ3n) is 5.55. The van der Waals surface area contributed by atoms with E-state index in [2.05, 4.69) is 20.6 Å². The van der Waals surface area contributed by atoms with Crippen LogP contribution >= 0.6 is 0 Å². The average Bonchev–Trinajstić information content (AvgIpc) is 3.24. The van der Waals surface area contributed by atoms with E-state index in [-0.39, 0.29) is 5.91 Å². The Kier molecular flexibility index (Phi) is 6.44. The van der Waals surface area contributed by atoms with Crippen molar-refractivity contribution in [1.29, 1.82) is 0 Å². The number of carbonyl (C=O) groups is 1. The largest absolute Gasteiger partial charge is 0.493 e. The van der Waals surface area contributed by atoms with E-state index >= 15 is 0 Å². The van der Waals surface area contributed by atoms with Crippen molar-refractivity contribution in [2.24, 2.45) is 5.92 Å². The van der Waals surface area contributed by atoms with Gasteiger partial charge in [0, 0.05) is 31.3 Å². The van der Waals surface area contributed by atoms with Crippen molar-refractivity contribution in [1.82, 2.24) is 15.3 Å². The third kappa shape index (κ3) is 4.88. The van der Waals surface area contributed by atoms with Crippen molar-refractivity contribution in [2.45, 2.75) is 32.3 Å². The number of amides is 1. The van der Waals surface area contributed by atoms with Gasteiger partial charge in [0.1, 0.15) is 11.6 Å². The van der Waals surface area contributed by atoms with Crippen LogP contribution in [0, 0.1) is 5.92 Å². The van der Waals surface area contributed by atoms with E-state index in [4.69, 9.17) is 4.74 Å². The van der Waals surface area contributed by atoms with Gasteiger partial charge in [0.2, 0.25) is 5.95 Å². The molecular formula is C22H29N5O3. The highest BCUT2D eigenvalue weighted by atomic mass is 16.5. The minimum absolute atomic E-state index is 0.0663. The maximum Gasteiger partial charge on any atom is 0.259 e. The van der Waals surface area contributed by atoms with Gasteiger partial charge in [-0.25, -0.2) is 4.98 Å². The predicted molar refractivity (Wildman–Crippen MR) is 115 cm³/mol. The number of aliphatic hydroxyl groups excluding tert-OH is 1. The number of fused-ring (bicyclic) bond motifs is 1. The van der Waals surface area contributed by atoms with Crippen molar-refractivity contribution in [3.05, 3.63) is 41.6 Å². The summed E-state index contributed by atoms with van der Waals surface area (Å²) in [7, 11) is 0. The Morgan fingerprint density at radius 1 is 1.37 bits per heavy atom. The van der Waals surface area contributed by atoms with Gasteiger partial charge in [-0.15, -0.1) is 0 Å². The first-order valence-corrected chi connectivity index (χ1v) is 10.6. The highest BCUT2D eigenvalue weighted by molar-refractivity contribution is 6.05. The topological polar surface area (TPSA) is 99.6 Å². The molecule has 0 bridgehead atoms. The van der Waals surface area contributed by atoms with Crippen LogP contribution in [0.25, 0.3) is 0 Å². The van der Waals surface area contributed by atoms with Crippen molar-refractivity contribution in [3.63, 3.8) is 0 Å². The predicted octanol–water partition coefficient (Wildman–Crippen LogP) is 1.85. The van der Waals surface area contributed by atoms with E-state index in [0.717, 1.165) is 43.7 Å². The summed E-state index contributed by atoms with van der Waals surface area (Å²) in [5.41, 5.74) is 1.72. The van der Waals surface area contributed by atoms with Crippen LogP contribution in [0.5, 0.6) is 5.75 Å². The minimum atomic E-state index is -0.515. The first-order chi connectivity index (χ1) is 14.6. The number of aliphatic hydroxyl groups is 1. The van der Waals surface area contributed by atoms with Crippen LogP contribution in [0.1, 0.15) is 35.7 Å². The van der Waals surface area contributed by atoms with Crippen LogP contribution in [0.3, 0.4) is 0 Å². The zero-order valence-corrected chi connectivity index (χ0v) is 17.3. The van der Waals surface area contributed by atoms with E-state index in [9.17, 15) is 9.90 Å².